The van der Waals surface area contributed by atoms with Gasteiger partial charge in [0.05, 0.1) is 6.07 Å². The Morgan fingerprint density at radius 1 is 1.00 bits per heavy atom. The molecule has 0 saturated heterocycles. The topological polar surface area (TPSA) is 40.9 Å². The van der Waals surface area contributed by atoms with Gasteiger partial charge in [-0.1, -0.05) is 87.5 Å². The normalized spacial score (nSPS) is 8.41. The van der Waals surface area contributed by atoms with Crippen molar-refractivity contribution >= 4 is 11.9 Å². The number of carbonyl (C=O) groups is 1. The first-order chi connectivity index (χ1) is 10.6. The van der Waals surface area contributed by atoms with Crippen molar-refractivity contribution in [2.45, 2.75) is 0 Å². The lowest BCUT2D eigenvalue weighted by molar-refractivity contribution is -0.111. The Labute approximate surface area is 133 Å². The van der Waals surface area contributed by atoms with Crippen molar-refractivity contribution in [3.05, 3.63) is 105 Å². The predicted octanol–water partition coefficient (Wildman–Crippen LogP) is 5.07. The third-order valence-electron chi connectivity index (χ3n) is 2.11. The van der Waals surface area contributed by atoms with Gasteiger partial charge in [0.1, 0.15) is 0 Å². The molecule has 0 fully saturated rings. The van der Waals surface area contributed by atoms with Crippen LogP contribution in [0.15, 0.2) is 99.2 Å². The van der Waals surface area contributed by atoms with E-state index in [2.05, 4.69) is 32.9 Å². The summed E-state index contributed by atoms with van der Waals surface area (Å²) in [5.74, 6) is -0.130. The standard InChI is InChI=1S/C9H10O.C8H8.C3H3N/c1-4-7-8(5-2)9(10)6-3;1-2-8-6-4-3-5-7-8;1-2-3-4/h4-7H,1-3H2;2-7H,1H2;2H,1H2. The zero-order chi connectivity index (χ0) is 17.2. The van der Waals surface area contributed by atoms with Gasteiger partial charge >= 0.3 is 0 Å². The largest absolute Gasteiger partial charge is 0.289 e. The first kappa shape index (κ1) is 21.1. The molecule has 0 unspecified atom stereocenters. The molecule has 1 aromatic carbocycles. The summed E-state index contributed by atoms with van der Waals surface area (Å²) in [4.78, 5) is 10.8. The van der Waals surface area contributed by atoms with Crippen LogP contribution in [0.5, 0.6) is 0 Å². The average molecular weight is 291 g/mol. The number of rotatable bonds is 5. The number of hydrogen-bond acceptors (Lipinski definition) is 2. The summed E-state index contributed by atoms with van der Waals surface area (Å²) in [6.07, 6.45) is 8.87. The van der Waals surface area contributed by atoms with Gasteiger partial charge in [0, 0.05) is 11.6 Å². The fraction of sp³-hybridized carbons (Fsp3) is 0. The van der Waals surface area contributed by atoms with Crippen LogP contribution in [0.3, 0.4) is 0 Å². The SMILES string of the molecule is C=CC#N.C=CC=C(C=C)C(=O)C=C.C=Cc1ccccc1. The van der Waals surface area contributed by atoms with E-state index in [-0.39, 0.29) is 5.78 Å². The van der Waals surface area contributed by atoms with E-state index in [1.165, 1.54) is 23.8 Å². The fourth-order valence-electron chi connectivity index (χ4n) is 1.08. The van der Waals surface area contributed by atoms with Crippen LogP contribution < -0.4 is 0 Å². The molecule has 2 heteroatoms. The Morgan fingerprint density at radius 2 is 1.55 bits per heavy atom. The number of ketones is 1. The second-order valence-corrected chi connectivity index (χ2v) is 3.58. The van der Waals surface area contributed by atoms with Gasteiger partial charge in [0.15, 0.2) is 5.78 Å². The van der Waals surface area contributed by atoms with Gasteiger partial charge in [-0.25, -0.2) is 0 Å². The summed E-state index contributed by atoms with van der Waals surface area (Å²) < 4.78 is 0. The molecule has 0 spiro atoms. The quantitative estimate of drug-likeness (QED) is 0.432. The second-order valence-electron chi connectivity index (χ2n) is 3.58. The molecule has 0 aromatic heterocycles. The number of benzene rings is 1. The summed E-state index contributed by atoms with van der Waals surface area (Å²) in [7, 11) is 0. The molecule has 112 valence electrons. The summed E-state index contributed by atoms with van der Waals surface area (Å²) in [5, 5.41) is 7.51. The summed E-state index contributed by atoms with van der Waals surface area (Å²) in [5.41, 5.74) is 1.69. The maximum absolute atomic E-state index is 10.8. The molecular formula is C20H21NO. The predicted molar refractivity (Wildman–Crippen MR) is 96.0 cm³/mol. The summed E-state index contributed by atoms with van der Waals surface area (Å²) >= 11 is 0. The smallest absolute Gasteiger partial charge is 0.185 e. The van der Waals surface area contributed by atoms with Gasteiger partial charge in [-0.05, 0) is 11.6 Å². The van der Waals surface area contributed by atoms with Crippen molar-refractivity contribution in [1.82, 2.24) is 0 Å². The zero-order valence-electron chi connectivity index (χ0n) is 12.7. The maximum atomic E-state index is 10.8. The molecule has 0 N–H and O–H groups in total. The van der Waals surface area contributed by atoms with Crippen molar-refractivity contribution in [2.24, 2.45) is 0 Å². The van der Waals surface area contributed by atoms with Crippen molar-refractivity contribution in [3.63, 3.8) is 0 Å². The van der Waals surface area contributed by atoms with E-state index in [0.717, 1.165) is 0 Å². The van der Waals surface area contributed by atoms with Crippen LogP contribution in [0, 0.1) is 11.3 Å². The van der Waals surface area contributed by atoms with Gasteiger partial charge in [-0.2, -0.15) is 5.26 Å². The maximum Gasteiger partial charge on any atom is 0.185 e. The molecule has 0 atom stereocenters. The Balaban J connectivity index is 0. The molecule has 0 bridgehead atoms. The molecule has 0 aliphatic rings. The lowest BCUT2D eigenvalue weighted by Gasteiger charge is -1.90. The van der Waals surface area contributed by atoms with Gasteiger partial charge < -0.3 is 0 Å². The Hall–Kier alpha value is -3.18. The van der Waals surface area contributed by atoms with Gasteiger partial charge in [0.25, 0.3) is 0 Å². The minimum atomic E-state index is -0.130. The highest BCUT2D eigenvalue weighted by Crippen LogP contribution is 1.98. The lowest BCUT2D eigenvalue weighted by Crippen LogP contribution is -1.93. The monoisotopic (exact) mass is 291 g/mol. The first-order valence-electron chi connectivity index (χ1n) is 6.41. The van der Waals surface area contributed by atoms with Crippen LogP contribution in [0.25, 0.3) is 6.08 Å². The van der Waals surface area contributed by atoms with Crippen LogP contribution in [0.4, 0.5) is 0 Å². The number of carbonyl (C=O) groups excluding carboxylic acids is 1. The van der Waals surface area contributed by atoms with Crippen LogP contribution in [0.2, 0.25) is 0 Å². The minimum absolute atomic E-state index is 0.130. The van der Waals surface area contributed by atoms with Crippen molar-refractivity contribution < 1.29 is 4.79 Å². The highest BCUT2D eigenvalue weighted by molar-refractivity contribution is 6.05. The molecule has 0 aliphatic carbocycles. The third-order valence-corrected chi connectivity index (χ3v) is 2.11. The number of hydrogen-bond donors (Lipinski definition) is 0. The van der Waals surface area contributed by atoms with Crippen LogP contribution in [0.1, 0.15) is 5.56 Å². The zero-order valence-corrected chi connectivity index (χ0v) is 12.7. The Bertz CT molecular complexity index is 571. The Morgan fingerprint density at radius 3 is 1.82 bits per heavy atom. The van der Waals surface area contributed by atoms with Gasteiger partial charge in [-0.3, -0.25) is 4.79 Å². The van der Waals surface area contributed by atoms with Crippen LogP contribution in [-0.4, -0.2) is 5.78 Å². The van der Waals surface area contributed by atoms with E-state index in [1.54, 1.807) is 18.2 Å². The molecule has 1 aromatic rings. The average Bonchev–Trinajstić information content (AvgIpc) is 2.60. The van der Waals surface area contributed by atoms with E-state index >= 15 is 0 Å². The molecule has 2 nitrogen and oxygen atoms in total. The first-order valence-corrected chi connectivity index (χ1v) is 6.41. The van der Waals surface area contributed by atoms with Crippen LogP contribution >= 0.6 is 0 Å². The molecule has 22 heavy (non-hydrogen) atoms. The number of nitrogens with zero attached hydrogens (tertiary/aromatic N) is 1. The lowest BCUT2D eigenvalue weighted by atomic mass is 10.1. The molecule has 0 amide bonds. The summed E-state index contributed by atoms with van der Waals surface area (Å²) in [6.45, 7) is 17.0. The minimum Gasteiger partial charge on any atom is -0.289 e. The molecule has 1 rings (SSSR count). The molecule has 0 saturated carbocycles. The van der Waals surface area contributed by atoms with Gasteiger partial charge in [-0.15, -0.1) is 0 Å². The van der Waals surface area contributed by atoms with Crippen molar-refractivity contribution in [2.75, 3.05) is 0 Å². The number of allylic oxidation sites excluding steroid dienone is 6. The van der Waals surface area contributed by atoms with E-state index < -0.39 is 0 Å². The third kappa shape index (κ3) is 11.9. The second kappa shape index (κ2) is 15.9. The Kier molecular flexibility index (Phi) is 15.2. The molecule has 0 radical (unpaired) electrons. The molecular weight excluding hydrogens is 270 g/mol. The molecule has 0 aliphatic heterocycles. The highest BCUT2D eigenvalue weighted by Gasteiger charge is 1.96. The number of nitriles is 1. The summed E-state index contributed by atoms with van der Waals surface area (Å²) in [6, 6.07) is 11.7. The van der Waals surface area contributed by atoms with Crippen molar-refractivity contribution in [1.29, 1.82) is 5.26 Å². The van der Waals surface area contributed by atoms with Crippen LogP contribution in [-0.2, 0) is 4.79 Å². The highest BCUT2D eigenvalue weighted by atomic mass is 16.1. The van der Waals surface area contributed by atoms with E-state index in [9.17, 15) is 4.79 Å². The van der Waals surface area contributed by atoms with E-state index in [4.69, 9.17) is 5.26 Å². The van der Waals surface area contributed by atoms with E-state index in [1.807, 2.05) is 36.4 Å². The van der Waals surface area contributed by atoms with Gasteiger partial charge in [0.2, 0.25) is 0 Å². The van der Waals surface area contributed by atoms with Crippen molar-refractivity contribution in [3.8, 4) is 6.07 Å². The van der Waals surface area contributed by atoms with E-state index in [0.29, 0.717) is 5.57 Å². The molecule has 0 heterocycles. The fourth-order valence-corrected chi connectivity index (χ4v) is 1.08.